The number of ether oxygens (including phenoxy) is 1. The molecule has 0 saturated heterocycles. The third-order valence-electron chi connectivity index (χ3n) is 4.03. The molecule has 0 atom stereocenters. The Morgan fingerprint density at radius 3 is 2.20 bits per heavy atom. The topological polar surface area (TPSA) is 79.0 Å². The number of amides is 1. The van der Waals surface area contributed by atoms with E-state index in [2.05, 4.69) is 10.1 Å². The number of nitrogens with one attached hydrogen (secondary N) is 1. The number of halogens is 3. The van der Waals surface area contributed by atoms with Crippen LogP contribution in [0.5, 0.6) is 5.75 Å². The number of carbonyl (C=O) groups excluding carboxylic acids is 1. The first kappa shape index (κ1) is 23.5. The molecule has 2 aromatic rings. The van der Waals surface area contributed by atoms with Crippen LogP contribution < -0.4 is 14.4 Å². The van der Waals surface area contributed by atoms with Crippen molar-refractivity contribution in [2.24, 2.45) is 0 Å². The monoisotopic (exact) mass is 445 g/mol. The highest BCUT2D eigenvalue weighted by Crippen LogP contribution is 2.26. The maximum Gasteiger partial charge on any atom is 0.573 e. The molecule has 0 unspecified atom stereocenters. The summed E-state index contributed by atoms with van der Waals surface area (Å²) >= 11 is 0. The zero-order valence-electron chi connectivity index (χ0n) is 16.8. The second-order valence-electron chi connectivity index (χ2n) is 6.71. The summed E-state index contributed by atoms with van der Waals surface area (Å²) in [5, 5.41) is 2.48. The Balaban J connectivity index is 2.24. The SMILES string of the molecule is Cc1ccc(C)c(N(CC(=O)Nc2ccc(OC(F)(F)F)cc2)S(=O)(=O)N(C)C)c1. The summed E-state index contributed by atoms with van der Waals surface area (Å²) in [4.78, 5) is 12.5. The van der Waals surface area contributed by atoms with Gasteiger partial charge in [0.1, 0.15) is 12.3 Å². The summed E-state index contributed by atoms with van der Waals surface area (Å²) < 4.78 is 68.1. The summed E-state index contributed by atoms with van der Waals surface area (Å²) in [7, 11) is -1.28. The first-order chi connectivity index (χ1) is 13.8. The molecule has 0 saturated carbocycles. The number of carbonyl (C=O) groups is 1. The van der Waals surface area contributed by atoms with Crippen LogP contribution in [-0.2, 0) is 15.0 Å². The van der Waals surface area contributed by atoms with E-state index in [-0.39, 0.29) is 5.69 Å². The van der Waals surface area contributed by atoms with E-state index < -0.39 is 34.8 Å². The number of rotatable bonds is 7. The molecule has 0 aliphatic carbocycles. The van der Waals surface area contributed by atoms with Gasteiger partial charge in [0.15, 0.2) is 0 Å². The van der Waals surface area contributed by atoms with Gasteiger partial charge in [0, 0.05) is 19.8 Å². The van der Waals surface area contributed by atoms with E-state index >= 15 is 0 Å². The molecule has 1 N–H and O–H groups in total. The Morgan fingerprint density at radius 1 is 1.07 bits per heavy atom. The lowest BCUT2D eigenvalue weighted by Crippen LogP contribution is -2.44. The predicted molar refractivity (Wildman–Crippen MR) is 108 cm³/mol. The minimum Gasteiger partial charge on any atom is -0.406 e. The van der Waals surface area contributed by atoms with Gasteiger partial charge in [-0.15, -0.1) is 13.2 Å². The Morgan fingerprint density at radius 2 is 1.67 bits per heavy atom. The van der Waals surface area contributed by atoms with Crippen molar-refractivity contribution in [3.8, 4) is 5.75 Å². The lowest BCUT2D eigenvalue weighted by atomic mass is 10.1. The van der Waals surface area contributed by atoms with Crippen LogP contribution in [0.2, 0.25) is 0 Å². The Hall–Kier alpha value is -2.79. The smallest absolute Gasteiger partial charge is 0.406 e. The summed E-state index contributed by atoms with van der Waals surface area (Å²) in [6.45, 7) is 3.00. The molecule has 0 radical (unpaired) electrons. The molecular formula is C19H22F3N3O4S. The van der Waals surface area contributed by atoms with Gasteiger partial charge in [0.25, 0.3) is 0 Å². The molecule has 0 fully saturated rings. The van der Waals surface area contributed by atoms with E-state index in [0.717, 1.165) is 26.3 Å². The van der Waals surface area contributed by atoms with Crippen molar-refractivity contribution < 1.29 is 31.1 Å². The molecule has 7 nitrogen and oxygen atoms in total. The van der Waals surface area contributed by atoms with Gasteiger partial charge in [-0.2, -0.15) is 12.7 Å². The van der Waals surface area contributed by atoms with Crippen LogP contribution in [-0.4, -0.2) is 45.6 Å². The minimum absolute atomic E-state index is 0.192. The van der Waals surface area contributed by atoms with Crippen molar-refractivity contribution in [3.05, 3.63) is 53.6 Å². The van der Waals surface area contributed by atoms with Crippen LogP contribution in [0.1, 0.15) is 11.1 Å². The van der Waals surface area contributed by atoms with Gasteiger partial charge in [0.2, 0.25) is 5.91 Å². The molecule has 0 aliphatic heterocycles. The fourth-order valence-corrected chi connectivity index (χ4v) is 3.67. The number of benzene rings is 2. The number of hydrogen-bond acceptors (Lipinski definition) is 4. The molecule has 1 amide bonds. The molecule has 0 spiro atoms. The largest absolute Gasteiger partial charge is 0.573 e. The Labute approximate surface area is 173 Å². The van der Waals surface area contributed by atoms with Crippen LogP contribution >= 0.6 is 0 Å². The fourth-order valence-electron chi connectivity index (χ4n) is 2.55. The average Bonchev–Trinajstić information content (AvgIpc) is 2.62. The molecule has 0 bridgehead atoms. The highest BCUT2D eigenvalue weighted by atomic mass is 32.2. The van der Waals surface area contributed by atoms with E-state index in [1.165, 1.54) is 26.2 Å². The van der Waals surface area contributed by atoms with Crippen molar-refractivity contribution >= 4 is 27.5 Å². The number of alkyl halides is 3. The summed E-state index contributed by atoms with van der Waals surface area (Å²) in [5.74, 6) is -1.10. The lowest BCUT2D eigenvalue weighted by Gasteiger charge is -2.28. The second-order valence-corrected chi connectivity index (χ2v) is 8.77. The van der Waals surface area contributed by atoms with Crippen molar-refractivity contribution in [2.75, 3.05) is 30.3 Å². The second kappa shape index (κ2) is 8.92. The summed E-state index contributed by atoms with van der Waals surface area (Å²) in [5.41, 5.74) is 2.02. The van der Waals surface area contributed by atoms with Crippen LogP contribution in [0.25, 0.3) is 0 Å². The summed E-state index contributed by atoms with van der Waals surface area (Å²) in [6, 6.07) is 9.77. The van der Waals surface area contributed by atoms with Gasteiger partial charge < -0.3 is 10.1 Å². The first-order valence-electron chi connectivity index (χ1n) is 8.73. The van der Waals surface area contributed by atoms with E-state index in [1.807, 2.05) is 6.07 Å². The van der Waals surface area contributed by atoms with Crippen LogP contribution in [0.3, 0.4) is 0 Å². The molecule has 2 aromatic carbocycles. The fraction of sp³-hybridized carbons (Fsp3) is 0.316. The van der Waals surface area contributed by atoms with Crippen LogP contribution in [0, 0.1) is 13.8 Å². The Kier molecular flexibility index (Phi) is 6.99. The Bertz CT molecular complexity index is 1010. The van der Waals surface area contributed by atoms with Crippen molar-refractivity contribution in [2.45, 2.75) is 20.2 Å². The highest BCUT2D eigenvalue weighted by Gasteiger charge is 2.31. The zero-order chi connectivity index (χ0) is 22.7. The van der Waals surface area contributed by atoms with Crippen LogP contribution in [0.4, 0.5) is 24.5 Å². The first-order valence-corrected chi connectivity index (χ1v) is 10.1. The van der Waals surface area contributed by atoms with E-state index in [1.54, 1.807) is 26.0 Å². The normalized spacial score (nSPS) is 12.0. The molecule has 0 aliphatic rings. The number of nitrogens with zero attached hydrogens (tertiary/aromatic N) is 2. The maximum atomic E-state index is 12.8. The molecule has 0 aromatic heterocycles. The number of aryl methyl sites for hydroxylation is 2. The van der Waals surface area contributed by atoms with Gasteiger partial charge >= 0.3 is 16.6 Å². The summed E-state index contributed by atoms with van der Waals surface area (Å²) in [6.07, 6.45) is -4.82. The maximum absolute atomic E-state index is 12.8. The van der Waals surface area contributed by atoms with E-state index in [0.29, 0.717) is 11.3 Å². The van der Waals surface area contributed by atoms with Crippen molar-refractivity contribution in [1.29, 1.82) is 0 Å². The molecule has 0 heterocycles. The number of hydrogen-bond donors (Lipinski definition) is 1. The molecule has 11 heteroatoms. The standard InChI is InChI=1S/C19H22F3N3O4S/c1-13-5-6-14(2)17(11-13)25(30(27,28)24(3)4)12-18(26)23-15-7-9-16(10-8-15)29-19(20,21)22/h5-11H,12H2,1-4H3,(H,23,26). The van der Waals surface area contributed by atoms with Gasteiger partial charge in [-0.1, -0.05) is 12.1 Å². The van der Waals surface area contributed by atoms with Crippen LogP contribution in [0.15, 0.2) is 42.5 Å². The third kappa shape index (κ3) is 6.10. The molecule has 164 valence electrons. The minimum atomic E-state index is -4.82. The van der Waals surface area contributed by atoms with E-state index in [9.17, 15) is 26.4 Å². The average molecular weight is 445 g/mol. The number of anilines is 2. The third-order valence-corrected chi connectivity index (χ3v) is 5.84. The van der Waals surface area contributed by atoms with Gasteiger partial charge in [0.05, 0.1) is 5.69 Å². The van der Waals surface area contributed by atoms with Crippen molar-refractivity contribution in [1.82, 2.24) is 4.31 Å². The zero-order valence-corrected chi connectivity index (χ0v) is 17.6. The highest BCUT2D eigenvalue weighted by molar-refractivity contribution is 7.90. The van der Waals surface area contributed by atoms with Crippen molar-refractivity contribution in [3.63, 3.8) is 0 Å². The van der Waals surface area contributed by atoms with Gasteiger partial charge in [-0.05, 0) is 55.3 Å². The molecule has 2 rings (SSSR count). The van der Waals surface area contributed by atoms with Gasteiger partial charge in [-0.25, -0.2) is 4.31 Å². The molecule has 30 heavy (non-hydrogen) atoms. The van der Waals surface area contributed by atoms with E-state index in [4.69, 9.17) is 0 Å². The lowest BCUT2D eigenvalue weighted by molar-refractivity contribution is -0.274. The predicted octanol–water partition coefficient (Wildman–Crippen LogP) is 3.45. The molecular weight excluding hydrogens is 423 g/mol. The quantitative estimate of drug-likeness (QED) is 0.708. The van der Waals surface area contributed by atoms with Gasteiger partial charge in [-0.3, -0.25) is 4.79 Å².